The first kappa shape index (κ1) is 42.3. The lowest BCUT2D eigenvalue weighted by molar-refractivity contribution is 0.183. The fraction of sp³-hybridized carbons (Fsp3) is 0.192. The molecule has 1 atom stereocenters. The summed E-state index contributed by atoms with van der Waals surface area (Å²) in [5, 5.41) is 43.2. The summed E-state index contributed by atoms with van der Waals surface area (Å²) in [7, 11) is 0. The van der Waals surface area contributed by atoms with E-state index in [9.17, 15) is 10.4 Å². The zero-order valence-corrected chi connectivity index (χ0v) is 34.9. The smallest absolute Gasteiger partial charge is 0.124 e. The fourth-order valence-corrected chi connectivity index (χ4v) is 7.66. The Morgan fingerprint density at radius 1 is 0.758 bits per heavy atom. The molecular weight excluding hydrogens is 769 g/mol. The van der Waals surface area contributed by atoms with E-state index < -0.39 is 0 Å². The minimum absolute atomic E-state index is 0.000602. The minimum Gasteiger partial charge on any atom is -0.508 e. The number of hydrogen-bond donors (Lipinski definition) is 3. The highest BCUT2D eigenvalue weighted by molar-refractivity contribution is 5.87. The van der Waals surface area contributed by atoms with Gasteiger partial charge in [-0.05, 0) is 177 Å². The van der Waals surface area contributed by atoms with Crippen molar-refractivity contribution in [2.75, 3.05) is 5.32 Å². The van der Waals surface area contributed by atoms with Crippen LogP contribution in [-0.2, 0) is 19.3 Å². The molecule has 0 radical (unpaired) electrons. The van der Waals surface area contributed by atoms with Gasteiger partial charge in [0.05, 0.1) is 40.7 Å². The molecule has 0 saturated heterocycles. The molecule has 3 aromatic heterocycles. The zero-order valence-electron chi connectivity index (χ0n) is 34.9. The molecule has 4 aromatic carbocycles. The van der Waals surface area contributed by atoms with E-state index in [1.165, 1.54) is 47.7 Å². The summed E-state index contributed by atoms with van der Waals surface area (Å²) < 4.78 is 8.28. The number of fused-ring (bicyclic) bond motifs is 3. The van der Waals surface area contributed by atoms with Crippen molar-refractivity contribution in [1.29, 1.82) is 15.9 Å². The van der Waals surface area contributed by atoms with Crippen molar-refractivity contribution >= 4 is 41.2 Å². The number of phenolic OH excluding ortho intramolecular Hbond substituents is 1. The van der Waals surface area contributed by atoms with Crippen LogP contribution in [0.3, 0.4) is 0 Å². The van der Waals surface area contributed by atoms with Crippen LogP contribution in [0.4, 0.5) is 5.69 Å². The first-order valence-electron chi connectivity index (χ1n) is 20.8. The van der Waals surface area contributed by atoms with Crippen molar-refractivity contribution in [3.05, 3.63) is 183 Å². The molecule has 0 spiro atoms. The molecule has 62 heavy (non-hydrogen) atoms. The summed E-state index contributed by atoms with van der Waals surface area (Å²) in [4.78, 5) is 8.37. The lowest BCUT2D eigenvalue weighted by Crippen LogP contribution is -2.15. The summed E-state index contributed by atoms with van der Waals surface area (Å²) in [5.41, 5.74) is 13.2. The highest BCUT2D eigenvalue weighted by atomic mass is 16.5. The van der Waals surface area contributed by atoms with Crippen molar-refractivity contribution in [3.8, 4) is 23.6 Å². The molecule has 0 bridgehead atoms. The highest BCUT2D eigenvalue weighted by Crippen LogP contribution is 2.35. The molecule has 0 saturated carbocycles. The summed E-state index contributed by atoms with van der Waals surface area (Å²) >= 11 is 0. The molecule has 3 N–H and O–H groups in total. The maximum Gasteiger partial charge on any atom is 0.124 e. The van der Waals surface area contributed by atoms with Crippen LogP contribution >= 0.6 is 0 Å². The van der Waals surface area contributed by atoms with Crippen molar-refractivity contribution in [3.63, 3.8) is 0 Å². The van der Waals surface area contributed by atoms with Crippen LogP contribution in [0, 0.1) is 41.9 Å². The lowest BCUT2D eigenvalue weighted by Gasteiger charge is -2.26. The van der Waals surface area contributed by atoms with Crippen molar-refractivity contribution in [2.45, 2.75) is 64.9 Å². The topological polar surface area (TPSA) is 157 Å². The van der Waals surface area contributed by atoms with Crippen LogP contribution < -0.4 is 10.1 Å². The van der Waals surface area contributed by atoms with Gasteiger partial charge in [-0.15, -0.1) is 0 Å². The van der Waals surface area contributed by atoms with E-state index >= 15 is 0 Å². The van der Waals surface area contributed by atoms with E-state index in [0.717, 1.165) is 70.4 Å². The number of nitrogens with one attached hydrogen (secondary N) is 2. The van der Waals surface area contributed by atoms with Crippen molar-refractivity contribution in [1.82, 2.24) is 19.7 Å². The molecule has 10 nitrogen and oxygen atoms in total. The van der Waals surface area contributed by atoms with Gasteiger partial charge in [-0.2, -0.15) is 15.6 Å². The number of anilines is 1. The molecule has 308 valence electrons. The monoisotopic (exact) mass is 816 g/mol. The molecule has 7 aromatic rings. The number of aryl methyl sites for hydroxylation is 5. The van der Waals surface area contributed by atoms with Gasteiger partial charge in [0, 0.05) is 65.5 Å². The number of pyridine rings is 2. The summed E-state index contributed by atoms with van der Waals surface area (Å²) in [6.45, 7) is 3.92. The van der Waals surface area contributed by atoms with Crippen molar-refractivity contribution in [2.24, 2.45) is 0 Å². The standard InChI is InChI=1S/C26H22N4O.C15H15N3O.C11H11N/c1-18-13-19(9-11-28-18)10-12-30-25-15-23(7-6-22(25)17-29-30)31-26-4-2-3-21-14-20(16-27)5-8-24(21)26;1-11-8-12(4-6-17-11)5-7-18-15-9-14(19)3-2-13(15)10-16;12-8-9-5-6-10-3-1-2-4-11(10)7-9/h5-15,17,26H,2-4H2,1H3;2-10,16,18-19H,1H3;5-7H,1-4H2/b12-10+;7-5+,16-10?;/t26-;;/m0../s1. The van der Waals surface area contributed by atoms with Gasteiger partial charge < -0.3 is 20.6 Å². The molecule has 10 heteroatoms. The Balaban J connectivity index is 0.000000158. The molecule has 9 rings (SSSR count). The second-order valence-electron chi connectivity index (χ2n) is 15.3. The highest BCUT2D eigenvalue weighted by Gasteiger charge is 2.22. The summed E-state index contributed by atoms with van der Waals surface area (Å²) in [6.07, 6.45) is 22.3. The third kappa shape index (κ3) is 11.1. The Kier molecular flexibility index (Phi) is 13.9. The van der Waals surface area contributed by atoms with E-state index in [-0.39, 0.29) is 11.9 Å². The quantitative estimate of drug-likeness (QED) is 0.128. The number of aromatic hydroxyl groups is 1. The molecule has 0 amide bonds. The van der Waals surface area contributed by atoms with Gasteiger partial charge >= 0.3 is 0 Å². The number of rotatable bonds is 8. The lowest BCUT2D eigenvalue weighted by atomic mass is 9.88. The van der Waals surface area contributed by atoms with Gasteiger partial charge in [-0.25, -0.2) is 4.68 Å². The third-order valence-corrected chi connectivity index (χ3v) is 10.8. The van der Waals surface area contributed by atoms with E-state index in [1.54, 1.807) is 30.6 Å². The maximum atomic E-state index is 9.44. The first-order valence-corrected chi connectivity index (χ1v) is 20.8. The zero-order chi connectivity index (χ0) is 43.3. The Bertz CT molecular complexity index is 2840. The van der Waals surface area contributed by atoms with Crippen molar-refractivity contribution < 1.29 is 9.84 Å². The Morgan fingerprint density at radius 2 is 1.45 bits per heavy atom. The van der Waals surface area contributed by atoms with Gasteiger partial charge in [-0.1, -0.05) is 12.1 Å². The summed E-state index contributed by atoms with van der Waals surface area (Å²) in [6, 6.07) is 35.2. The number of nitrogens with zero attached hydrogens (tertiary/aromatic N) is 6. The van der Waals surface area contributed by atoms with Crippen LogP contribution in [0.15, 0.2) is 122 Å². The number of benzene rings is 4. The van der Waals surface area contributed by atoms with Gasteiger partial charge in [0.2, 0.25) is 0 Å². The molecule has 0 aliphatic heterocycles. The first-order chi connectivity index (χ1) is 30.3. The number of ether oxygens (including phenoxy) is 1. The van der Waals surface area contributed by atoms with Crippen LogP contribution in [0.2, 0.25) is 0 Å². The normalized spacial score (nSPS) is 14.0. The SMILES string of the molecule is Cc1cc(/C=C/Nc2cc(O)ccc2C=N)ccn1.Cc1cc(/C=C/n2ncc3ccc(O[C@H]4CCCc5cc(C#N)ccc54)cc32)ccn1.N#Cc1ccc2c(c1)CCCC2. The van der Waals surface area contributed by atoms with Crippen LogP contribution in [0.1, 0.15) is 93.2 Å². The van der Waals surface area contributed by atoms with Gasteiger partial charge in [0.1, 0.15) is 17.6 Å². The van der Waals surface area contributed by atoms with E-state index in [0.29, 0.717) is 16.8 Å². The van der Waals surface area contributed by atoms with Crippen LogP contribution in [-0.4, -0.2) is 31.1 Å². The minimum atomic E-state index is 0.000602. The Morgan fingerprint density at radius 3 is 2.18 bits per heavy atom. The van der Waals surface area contributed by atoms with Gasteiger partial charge in [0.25, 0.3) is 0 Å². The number of phenols is 1. The molecule has 3 heterocycles. The van der Waals surface area contributed by atoms with Gasteiger partial charge in [-0.3, -0.25) is 9.97 Å². The predicted octanol–water partition coefficient (Wildman–Crippen LogP) is 11.3. The number of aromatic nitrogens is 4. The summed E-state index contributed by atoms with van der Waals surface area (Å²) in [5.74, 6) is 0.992. The van der Waals surface area contributed by atoms with Crippen LogP contribution in [0.25, 0.3) is 29.3 Å². The van der Waals surface area contributed by atoms with Gasteiger partial charge in [0.15, 0.2) is 0 Å². The van der Waals surface area contributed by atoms with Crippen LogP contribution in [0.5, 0.6) is 11.5 Å². The largest absolute Gasteiger partial charge is 0.508 e. The third-order valence-electron chi connectivity index (χ3n) is 10.8. The Hall–Kier alpha value is -7.82. The number of hydrogen-bond acceptors (Lipinski definition) is 9. The second kappa shape index (κ2) is 20.4. The fourth-order valence-electron chi connectivity index (χ4n) is 7.66. The van der Waals surface area contributed by atoms with E-state index in [4.69, 9.17) is 15.4 Å². The molecule has 2 aliphatic rings. The van der Waals surface area contributed by atoms with E-state index in [2.05, 4.69) is 38.6 Å². The average molecular weight is 817 g/mol. The van der Waals surface area contributed by atoms with E-state index in [1.807, 2.05) is 122 Å². The maximum absolute atomic E-state index is 9.44. The Labute approximate surface area is 362 Å². The molecular formula is C52H48N8O2. The second-order valence-corrected chi connectivity index (χ2v) is 15.3. The predicted molar refractivity (Wildman–Crippen MR) is 247 cm³/mol. The molecule has 0 unspecified atom stereocenters. The number of nitriles is 2. The molecule has 2 aliphatic carbocycles. The average Bonchev–Trinajstić information content (AvgIpc) is 3.70. The molecule has 0 fully saturated rings.